The maximum absolute atomic E-state index is 11.3. The van der Waals surface area contributed by atoms with E-state index in [2.05, 4.69) is 5.32 Å². The summed E-state index contributed by atoms with van der Waals surface area (Å²) in [6.45, 7) is 1.68. The zero-order valence-electron chi connectivity index (χ0n) is 4.99. The summed E-state index contributed by atoms with van der Waals surface area (Å²) in [6.07, 6.45) is 0.931. The molecule has 2 nitrogen and oxygen atoms in total. The molecule has 0 rings (SSSR count). The van der Waals surface area contributed by atoms with Crippen LogP contribution in [0.1, 0.15) is 6.42 Å². The molecule has 0 aromatic carbocycles. The molecule has 3 heteroatoms. The highest BCUT2D eigenvalue weighted by atomic mass is 19.1. The number of nitrogens with two attached hydrogens (primary N) is 1. The zero-order chi connectivity index (χ0) is 6.24. The Morgan fingerprint density at radius 1 is 1.38 bits per heavy atom. The van der Waals surface area contributed by atoms with E-state index >= 15 is 0 Å². The molecule has 50 valence electrons. The Balaban J connectivity index is 2.53. The summed E-state index contributed by atoms with van der Waals surface area (Å²) in [4.78, 5) is 0. The second-order valence-corrected chi connectivity index (χ2v) is 1.58. The van der Waals surface area contributed by atoms with Crippen molar-refractivity contribution in [3.63, 3.8) is 0 Å². The van der Waals surface area contributed by atoms with E-state index in [1.165, 1.54) is 0 Å². The SMILES string of the molecule is NCCCNCCF. The van der Waals surface area contributed by atoms with Crippen molar-refractivity contribution >= 4 is 0 Å². The van der Waals surface area contributed by atoms with E-state index in [9.17, 15) is 4.39 Å². The molecule has 0 fully saturated rings. The van der Waals surface area contributed by atoms with Gasteiger partial charge in [0.2, 0.25) is 0 Å². The average Bonchev–Trinajstić information content (AvgIpc) is 1.81. The monoisotopic (exact) mass is 120 g/mol. The summed E-state index contributed by atoms with van der Waals surface area (Å²) in [7, 11) is 0. The van der Waals surface area contributed by atoms with Crippen LogP contribution in [0.5, 0.6) is 0 Å². The van der Waals surface area contributed by atoms with Gasteiger partial charge in [0.1, 0.15) is 6.67 Å². The largest absolute Gasteiger partial charge is 0.330 e. The fourth-order valence-corrected chi connectivity index (χ4v) is 0.419. The number of rotatable bonds is 5. The summed E-state index contributed by atoms with van der Waals surface area (Å²) in [5.74, 6) is 0. The first-order valence-electron chi connectivity index (χ1n) is 2.88. The van der Waals surface area contributed by atoms with Gasteiger partial charge in [-0.3, -0.25) is 0 Å². The molecule has 0 radical (unpaired) electrons. The third-order valence-electron chi connectivity index (χ3n) is 0.829. The van der Waals surface area contributed by atoms with Crippen molar-refractivity contribution < 1.29 is 4.39 Å². The molecule has 0 saturated heterocycles. The van der Waals surface area contributed by atoms with Crippen molar-refractivity contribution in [3.05, 3.63) is 0 Å². The van der Waals surface area contributed by atoms with Crippen molar-refractivity contribution in [1.29, 1.82) is 0 Å². The third kappa shape index (κ3) is 5.85. The second-order valence-electron chi connectivity index (χ2n) is 1.58. The Hall–Kier alpha value is -0.150. The molecule has 0 unspecified atom stereocenters. The molecule has 0 atom stereocenters. The minimum atomic E-state index is -0.287. The number of halogens is 1. The molecular weight excluding hydrogens is 107 g/mol. The molecule has 0 saturated carbocycles. The molecule has 0 aliphatic carbocycles. The van der Waals surface area contributed by atoms with Gasteiger partial charge < -0.3 is 11.1 Å². The zero-order valence-corrected chi connectivity index (χ0v) is 4.99. The van der Waals surface area contributed by atoms with Crippen molar-refractivity contribution in [2.75, 3.05) is 26.3 Å². The lowest BCUT2D eigenvalue weighted by molar-refractivity contribution is 0.466. The summed E-state index contributed by atoms with van der Waals surface area (Å²) >= 11 is 0. The molecule has 0 aromatic rings. The Labute approximate surface area is 49.3 Å². The lowest BCUT2D eigenvalue weighted by atomic mass is 10.4. The molecule has 0 spiro atoms. The van der Waals surface area contributed by atoms with E-state index in [4.69, 9.17) is 5.73 Å². The predicted molar refractivity (Wildman–Crippen MR) is 32.5 cm³/mol. The first-order valence-corrected chi connectivity index (χ1v) is 2.88. The summed E-state index contributed by atoms with van der Waals surface area (Å²) < 4.78 is 11.3. The number of alkyl halides is 1. The van der Waals surface area contributed by atoms with Crippen molar-refractivity contribution in [2.45, 2.75) is 6.42 Å². The van der Waals surface area contributed by atoms with Crippen LogP contribution < -0.4 is 11.1 Å². The molecule has 0 bridgehead atoms. The topological polar surface area (TPSA) is 38.0 Å². The van der Waals surface area contributed by atoms with Gasteiger partial charge >= 0.3 is 0 Å². The molecular formula is C5H13FN2. The van der Waals surface area contributed by atoms with Gasteiger partial charge in [-0.15, -0.1) is 0 Å². The minimum Gasteiger partial charge on any atom is -0.330 e. The highest BCUT2D eigenvalue weighted by Gasteiger charge is 1.82. The third-order valence-corrected chi connectivity index (χ3v) is 0.829. The van der Waals surface area contributed by atoms with Gasteiger partial charge in [-0.25, -0.2) is 4.39 Å². The summed E-state index contributed by atoms with van der Waals surface area (Å²) in [5.41, 5.74) is 5.18. The van der Waals surface area contributed by atoms with Crippen LogP contribution >= 0.6 is 0 Å². The Morgan fingerprint density at radius 2 is 2.12 bits per heavy atom. The van der Waals surface area contributed by atoms with Crippen LogP contribution in [-0.2, 0) is 0 Å². The fourth-order valence-electron chi connectivity index (χ4n) is 0.419. The highest BCUT2D eigenvalue weighted by Crippen LogP contribution is 1.68. The van der Waals surface area contributed by atoms with E-state index in [1.807, 2.05) is 0 Å². The summed E-state index contributed by atoms with van der Waals surface area (Å²) in [5, 5.41) is 2.88. The van der Waals surface area contributed by atoms with Gasteiger partial charge in [0.05, 0.1) is 0 Å². The molecule has 0 aromatic heterocycles. The van der Waals surface area contributed by atoms with Gasteiger partial charge in [-0.2, -0.15) is 0 Å². The van der Waals surface area contributed by atoms with Gasteiger partial charge in [0.15, 0.2) is 0 Å². The lowest BCUT2D eigenvalue weighted by Crippen LogP contribution is -2.20. The maximum Gasteiger partial charge on any atom is 0.102 e. The van der Waals surface area contributed by atoms with E-state index in [1.54, 1.807) is 0 Å². The van der Waals surface area contributed by atoms with Crippen LogP contribution in [0, 0.1) is 0 Å². The highest BCUT2D eigenvalue weighted by molar-refractivity contribution is 4.45. The van der Waals surface area contributed by atoms with Gasteiger partial charge in [-0.05, 0) is 19.5 Å². The standard InChI is InChI=1S/C5H13FN2/c6-2-5-8-4-1-3-7/h8H,1-5,7H2. The van der Waals surface area contributed by atoms with Crippen LogP contribution in [0.3, 0.4) is 0 Å². The molecule has 0 aliphatic rings. The molecule has 0 amide bonds. The fraction of sp³-hybridized carbons (Fsp3) is 1.00. The normalized spacial score (nSPS) is 9.75. The van der Waals surface area contributed by atoms with E-state index in [-0.39, 0.29) is 6.67 Å². The van der Waals surface area contributed by atoms with Gasteiger partial charge in [-0.1, -0.05) is 0 Å². The Bertz CT molecular complexity index is 35.4. The van der Waals surface area contributed by atoms with Gasteiger partial charge in [0, 0.05) is 6.54 Å². The van der Waals surface area contributed by atoms with Crippen molar-refractivity contribution in [1.82, 2.24) is 5.32 Å². The number of hydrogen-bond acceptors (Lipinski definition) is 2. The van der Waals surface area contributed by atoms with Crippen LogP contribution in [0.15, 0.2) is 0 Å². The van der Waals surface area contributed by atoms with Crippen LogP contribution in [0.25, 0.3) is 0 Å². The molecule has 0 aliphatic heterocycles. The predicted octanol–water partition coefficient (Wildman–Crippen LogP) is -0.106. The maximum atomic E-state index is 11.3. The van der Waals surface area contributed by atoms with Crippen molar-refractivity contribution in [3.8, 4) is 0 Å². The quantitative estimate of drug-likeness (QED) is 0.497. The van der Waals surface area contributed by atoms with E-state index < -0.39 is 0 Å². The smallest absolute Gasteiger partial charge is 0.102 e. The Kier molecular flexibility index (Phi) is 6.72. The summed E-state index contributed by atoms with van der Waals surface area (Å²) in [6, 6.07) is 0. The molecule has 3 N–H and O–H groups in total. The molecule has 0 heterocycles. The molecule has 8 heavy (non-hydrogen) atoms. The first kappa shape index (κ1) is 7.85. The van der Waals surface area contributed by atoms with Crippen LogP contribution in [0.2, 0.25) is 0 Å². The van der Waals surface area contributed by atoms with Crippen molar-refractivity contribution in [2.24, 2.45) is 5.73 Å². The number of hydrogen-bond donors (Lipinski definition) is 2. The average molecular weight is 120 g/mol. The second kappa shape index (κ2) is 6.85. The van der Waals surface area contributed by atoms with Crippen LogP contribution in [-0.4, -0.2) is 26.3 Å². The number of nitrogens with one attached hydrogen (secondary N) is 1. The van der Waals surface area contributed by atoms with Crippen LogP contribution in [0.4, 0.5) is 4.39 Å². The first-order chi connectivity index (χ1) is 3.91. The van der Waals surface area contributed by atoms with E-state index in [0.717, 1.165) is 13.0 Å². The van der Waals surface area contributed by atoms with E-state index in [0.29, 0.717) is 13.1 Å². The minimum absolute atomic E-state index is 0.287. The lowest BCUT2D eigenvalue weighted by Gasteiger charge is -1.96. The Morgan fingerprint density at radius 3 is 2.62 bits per heavy atom. The van der Waals surface area contributed by atoms with Gasteiger partial charge in [0.25, 0.3) is 0 Å².